The van der Waals surface area contributed by atoms with Crippen molar-refractivity contribution in [1.29, 1.82) is 0 Å². The summed E-state index contributed by atoms with van der Waals surface area (Å²) in [6.45, 7) is 2.03. The van der Waals surface area contributed by atoms with Gasteiger partial charge in [-0.05, 0) is 68.0 Å². The zero-order valence-electron chi connectivity index (χ0n) is 18.6. The van der Waals surface area contributed by atoms with Gasteiger partial charge in [0.05, 0.1) is 17.2 Å². The molecule has 0 radical (unpaired) electrons. The highest BCUT2D eigenvalue weighted by Gasteiger charge is 2.45. The lowest BCUT2D eigenvalue weighted by Crippen LogP contribution is -2.48. The summed E-state index contributed by atoms with van der Waals surface area (Å²) in [4.78, 5) is 25.5. The Hall–Kier alpha value is -2.76. The number of halogens is 1. The molecule has 2 fully saturated rings. The summed E-state index contributed by atoms with van der Waals surface area (Å²) in [5.74, 6) is 0.900. The van der Waals surface area contributed by atoms with E-state index in [1.807, 2.05) is 48.5 Å². The van der Waals surface area contributed by atoms with E-state index in [2.05, 4.69) is 22.0 Å². The van der Waals surface area contributed by atoms with Gasteiger partial charge in [-0.2, -0.15) is 0 Å². The summed E-state index contributed by atoms with van der Waals surface area (Å²) in [6.07, 6.45) is 5.95. The summed E-state index contributed by atoms with van der Waals surface area (Å²) in [5.41, 5.74) is 2.61. The molecule has 1 aromatic heterocycles. The van der Waals surface area contributed by atoms with Crippen LogP contribution in [0.15, 0.2) is 66.9 Å². The van der Waals surface area contributed by atoms with E-state index >= 15 is 0 Å². The SMILES string of the molecule is O=C(N1CCCC1c1ccnc(-c2ccc(Cl)cc2)n1)C1(Cc2ccccc2)CCOCC1. The highest BCUT2D eigenvalue weighted by atomic mass is 35.5. The number of benzene rings is 2. The molecule has 2 aliphatic rings. The number of hydrogen-bond acceptors (Lipinski definition) is 4. The van der Waals surface area contributed by atoms with Crippen molar-refractivity contribution in [2.45, 2.75) is 38.1 Å². The van der Waals surface area contributed by atoms with Crippen LogP contribution in [0.4, 0.5) is 0 Å². The third-order valence-electron chi connectivity index (χ3n) is 6.92. The minimum atomic E-state index is -0.422. The number of carbonyl (C=O) groups excluding carboxylic acids is 1. The van der Waals surface area contributed by atoms with Crippen molar-refractivity contribution < 1.29 is 9.53 Å². The number of amides is 1. The van der Waals surface area contributed by atoms with Gasteiger partial charge in [0.1, 0.15) is 0 Å². The Bertz CT molecular complexity index is 1100. The monoisotopic (exact) mass is 461 g/mol. The molecule has 3 aromatic rings. The third-order valence-corrected chi connectivity index (χ3v) is 7.18. The number of nitrogens with zero attached hydrogens (tertiary/aromatic N) is 3. The van der Waals surface area contributed by atoms with Gasteiger partial charge in [-0.15, -0.1) is 0 Å². The number of aromatic nitrogens is 2. The first-order valence-electron chi connectivity index (χ1n) is 11.7. The van der Waals surface area contributed by atoms with Crippen molar-refractivity contribution in [3.8, 4) is 11.4 Å². The first-order chi connectivity index (χ1) is 16.1. The molecule has 1 unspecified atom stereocenters. The lowest BCUT2D eigenvalue weighted by atomic mass is 9.74. The Kier molecular flexibility index (Phi) is 6.43. The van der Waals surface area contributed by atoms with Crippen molar-refractivity contribution >= 4 is 17.5 Å². The molecule has 2 aliphatic heterocycles. The average molecular weight is 462 g/mol. The first-order valence-corrected chi connectivity index (χ1v) is 12.0. The van der Waals surface area contributed by atoms with Crippen LogP contribution in [0, 0.1) is 5.41 Å². The fourth-order valence-corrected chi connectivity index (χ4v) is 5.26. The number of ether oxygens (including phenoxy) is 1. The van der Waals surface area contributed by atoms with Gasteiger partial charge in [0, 0.05) is 36.5 Å². The van der Waals surface area contributed by atoms with Gasteiger partial charge in [-0.25, -0.2) is 9.97 Å². The van der Waals surface area contributed by atoms with Gasteiger partial charge in [-0.1, -0.05) is 41.9 Å². The molecule has 33 heavy (non-hydrogen) atoms. The van der Waals surface area contributed by atoms with E-state index in [0.29, 0.717) is 24.1 Å². The molecule has 5 nitrogen and oxygen atoms in total. The van der Waals surface area contributed by atoms with Crippen molar-refractivity contribution in [2.75, 3.05) is 19.8 Å². The molecule has 1 atom stereocenters. The van der Waals surface area contributed by atoms with Crippen molar-refractivity contribution in [3.05, 3.63) is 83.1 Å². The summed E-state index contributed by atoms with van der Waals surface area (Å²) in [5, 5.41) is 0.683. The number of rotatable bonds is 5. The largest absolute Gasteiger partial charge is 0.381 e. The van der Waals surface area contributed by atoms with E-state index < -0.39 is 5.41 Å². The van der Waals surface area contributed by atoms with E-state index in [1.54, 1.807) is 6.20 Å². The quantitative estimate of drug-likeness (QED) is 0.503. The predicted molar refractivity (Wildman–Crippen MR) is 129 cm³/mol. The van der Waals surface area contributed by atoms with Crippen LogP contribution in [-0.2, 0) is 16.0 Å². The maximum absolute atomic E-state index is 14.1. The zero-order chi connectivity index (χ0) is 22.7. The number of carbonyl (C=O) groups is 1. The van der Waals surface area contributed by atoms with Crippen molar-refractivity contribution in [2.24, 2.45) is 5.41 Å². The van der Waals surface area contributed by atoms with Crippen LogP contribution < -0.4 is 0 Å². The minimum absolute atomic E-state index is 0.0259. The maximum Gasteiger partial charge on any atom is 0.229 e. The predicted octanol–water partition coefficient (Wildman–Crippen LogP) is 5.50. The molecule has 170 valence electrons. The molecule has 3 heterocycles. The van der Waals surface area contributed by atoms with Gasteiger partial charge in [0.25, 0.3) is 0 Å². The molecule has 0 aliphatic carbocycles. The second kappa shape index (κ2) is 9.62. The summed E-state index contributed by atoms with van der Waals surface area (Å²) < 4.78 is 5.66. The van der Waals surface area contributed by atoms with Crippen LogP contribution in [0.25, 0.3) is 11.4 Å². The number of likely N-dealkylation sites (tertiary alicyclic amines) is 1. The van der Waals surface area contributed by atoms with Gasteiger partial charge in [-0.3, -0.25) is 4.79 Å². The summed E-state index contributed by atoms with van der Waals surface area (Å²) in [6, 6.07) is 19.8. The van der Waals surface area contributed by atoms with Gasteiger partial charge in [0.15, 0.2) is 5.82 Å². The fraction of sp³-hybridized carbons (Fsp3) is 0.370. The summed E-state index contributed by atoms with van der Waals surface area (Å²) >= 11 is 6.04. The lowest BCUT2D eigenvalue weighted by Gasteiger charge is -2.40. The molecule has 0 bridgehead atoms. The molecule has 6 heteroatoms. The average Bonchev–Trinajstić information content (AvgIpc) is 3.35. The van der Waals surface area contributed by atoms with Crippen LogP contribution >= 0.6 is 11.6 Å². The maximum atomic E-state index is 14.1. The van der Waals surface area contributed by atoms with Gasteiger partial charge >= 0.3 is 0 Å². The van der Waals surface area contributed by atoms with E-state index in [1.165, 1.54) is 5.56 Å². The van der Waals surface area contributed by atoms with Crippen LogP contribution in [0.5, 0.6) is 0 Å². The van der Waals surface area contributed by atoms with Crippen LogP contribution in [0.3, 0.4) is 0 Å². The Balaban J connectivity index is 1.43. The number of hydrogen-bond donors (Lipinski definition) is 0. The van der Waals surface area contributed by atoms with E-state index in [-0.39, 0.29) is 11.9 Å². The molecule has 0 spiro atoms. The van der Waals surface area contributed by atoms with Crippen LogP contribution in [-0.4, -0.2) is 40.5 Å². The first kappa shape index (κ1) is 22.1. The standard InChI is InChI=1S/C27H28ClN3O2/c28-22-10-8-21(9-11-22)25-29-15-12-23(30-25)24-7-4-16-31(24)26(32)27(13-17-33-18-14-27)19-20-5-2-1-3-6-20/h1-3,5-6,8-12,15,24H,4,7,13-14,16-19H2. The topological polar surface area (TPSA) is 55.3 Å². The molecule has 1 amide bonds. The summed E-state index contributed by atoms with van der Waals surface area (Å²) in [7, 11) is 0. The van der Waals surface area contributed by atoms with Crippen molar-refractivity contribution in [3.63, 3.8) is 0 Å². The van der Waals surface area contributed by atoms with E-state index in [9.17, 15) is 4.79 Å². The third kappa shape index (κ3) is 4.66. The highest BCUT2D eigenvalue weighted by molar-refractivity contribution is 6.30. The minimum Gasteiger partial charge on any atom is -0.381 e. The van der Waals surface area contributed by atoms with Gasteiger partial charge in [0.2, 0.25) is 5.91 Å². The molecule has 2 aromatic carbocycles. The Labute approximate surface area is 199 Å². The molecule has 2 saturated heterocycles. The van der Waals surface area contributed by atoms with Crippen LogP contribution in [0.1, 0.15) is 43.0 Å². The van der Waals surface area contributed by atoms with E-state index in [4.69, 9.17) is 21.3 Å². The fourth-order valence-electron chi connectivity index (χ4n) is 5.13. The normalized spacial score (nSPS) is 20.0. The lowest BCUT2D eigenvalue weighted by molar-refractivity contribution is -0.149. The molecule has 5 rings (SSSR count). The van der Waals surface area contributed by atoms with Gasteiger partial charge < -0.3 is 9.64 Å². The zero-order valence-corrected chi connectivity index (χ0v) is 19.4. The molecule has 0 N–H and O–H groups in total. The second-order valence-corrected chi connectivity index (χ2v) is 9.46. The Morgan fingerprint density at radius 3 is 2.58 bits per heavy atom. The van der Waals surface area contributed by atoms with Crippen LogP contribution in [0.2, 0.25) is 5.02 Å². The Morgan fingerprint density at radius 1 is 1.06 bits per heavy atom. The highest BCUT2D eigenvalue weighted by Crippen LogP contribution is 2.41. The smallest absolute Gasteiger partial charge is 0.229 e. The van der Waals surface area contributed by atoms with Crippen molar-refractivity contribution in [1.82, 2.24) is 14.9 Å². The molecular formula is C27H28ClN3O2. The van der Waals surface area contributed by atoms with E-state index in [0.717, 1.165) is 49.9 Å². The Morgan fingerprint density at radius 2 is 1.82 bits per heavy atom. The molecule has 0 saturated carbocycles. The molecular weight excluding hydrogens is 434 g/mol. The second-order valence-electron chi connectivity index (χ2n) is 9.02.